The third-order valence-corrected chi connectivity index (χ3v) is 1.84. The highest BCUT2D eigenvalue weighted by Crippen LogP contribution is 2.08. The first-order valence-corrected chi connectivity index (χ1v) is 3.97. The Bertz CT molecular complexity index is 576. The average Bonchev–Trinajstić information content (AvgIpc) is 2.48. The molecule has 1 atom stereocenters. The van der Waals surface area contributed by atoms with E-state index < -0.39 is 17.3 Å². The van der Waals surface area contributed by atoms with Crippen LogP contribution in [0.25, 0.3) is 11.2 Å². The first-order valence-electron chi connectivity index (χ1n) is 3.97. The number of hydrogen-bond donors (Lipinski definition) is 3. The molecule has 14 heavy (non-hydrogen) atoms. The van der Waals surface area contributed by atoms with E-state index in [4.69, 9.17) is 0 Å². The Morgan fingerprint density at radius 2 is 2.07 bits per heavy atom. The summed E-state index contributed by atoms with van der Waals surface area (Å²) < 4.78 is 1.20. The molecular weight excluding hydrogens is 188 g/mol. The first kappa shape index (κ1) is 8.70. The largest absolute Gasteiger partial charge is 0.372 e. The van der Waals surface area contributed by atoms with Gasteiger partial charge in [-0.2, -0.15) is 5.10 Å². The molecule has 0 aliphatic carbocycles. The summed E-state index contributed by atoms with van der Waals surface area (Å²) >= 11 is 0. The first-order chi connectivity index (χ1) is 6.59. The van der Waals surface area contributed by atoms with Crippen molar-refractivity contribution in [3.63, 3.8) is 0 Å². The number of rotatable bonds is 1. The van der Waals surface area contributed by atoms with E-state index >= 15 is 0 Å². The van der Waals surface area contributed by atoms with Crippen LogP contribution in [-0.4, -0.2) is 24.9 Å². The van der Waals surface area contributed by atoms with Crippen molar-refractivity contribution < 1.29 is 5.11 Å². The second-order valence-electron chi connectivity index (χ2n) is 2.89. The average molecular weight is 196 g/mol. The zero-order valence-corrected chi connectivity index (χ0v) is 7.31. The van der Waals surface area contributed by atoms with Crippen LogP contribution in [0.5, 0.6) is 0 Å². The lowest BCUT2D eigenvalue weighted by atomic mass is 10.5. The Morgan fingerprint density at radius 1 is 1.43 bits per heavy atom. The SMILES string of the molecule is CC(O)n1ncc2[nH]c(=O)c(=O)[nH]c21. The van der Waals surface area contributed by atoms with Gasteiger partial charge in [-0.15, -0.1) is 0 Å². The third-order valence-electron chi connectivity index (χ3n) is 1.84. The zero-order chi connectivity index (χ0) is 10.3. The number of H-pyrrole nitrogens is 2. The number of nitrogens with one attached hydrogen (secondary N) is 2. The maximum absolute atomic E-state index is 11.0. The molecule has 0 saturated heterocycles. The fraction of sp³-hybridized carbons (Fsp3) is 0.286. The molecule has 3 N–H and O–H groups in total. The number of hydrogen-bond acceptors (Lipinski definition) is 4. The lowest BCUT2D eigenvalue weighted by Crippen LogP contribution is -2.29. The molecule has 0 aromatic carbocycles. The van der Waals surface area contributed by atoms with Crippen molar-refractivity contribution in [3.8, 4) is 0 Å². The Kier molecular flexibility index (Phi) is 1.74. The van der Waals surface area contributed by atoms with Crippen LogP contribution in [0.2, 0.25) is 0 Å². The minimum Gasteiger partial charge on any atom is -0.372 e. The quantitative estimate of drug-likeness (QED) is 0.505. The minimum absolute atomic E-state index is 0.296. The van der Waals surface area contributed by atoms with Crippen molar-refractivity contribution in [2.75, 3.05) is 0 Å². The van der Waals surface area contributed by atoms with Gasteiger partial charge < -0.3 is 15.1 Å². The number of nitrogens with zero attached hydrogens (tertiary/aromatic N) is 2. The standard InChI is InChI=1S/C7H8N4O3/c1-3(12)11-5-4(2-8-11)9-6(13)7(14)10-5/h2-3,12H,1H3,(H,9,13)(H,10,14). The molecule has 74 valence electrons. The number of aliphatic hydroxyl groups is 1. The van der Waals surface area contributed by atoms with Gasteiger partial charge in [0.2, 0.25) is 0 Å². The summed E-state index contributed by atoms with van der Waals surface area (Å²) in [5.41, 5.74) is -0.817. The van der Waals surface area contributed by atoms with E-state index in [0.717, 1.165) is 0 Å². The summed E-state index contributed by atoms with van der Waals surface area (Å²) in [6.07, 6.45) is 0.494. The van der Waals surface area contributed by atoms with E-state index in [2.05, 4.69) is 15.1 Å². The van der Waals surface area contributed by atoms with Crippen molar-refractivity contribution in [1.82, 2.24) is 19.7 Å². The van der Waals surface area contributed by atoms with Gasteiger partial charge in [-0.05, 0) is 6.92 Å². The zero-order valence-electron chi connectivity index (χ0n) is 7.31. The Labute approximate surface area is 77.0 Å². The number of aromatic nitrogens is 4. The predicted octanol–water partition coefficient (Wildman–Crippen LogP) is -1.08. The molecule has 0 saturated carbocycles. The fourth-order valence-electron chi connectivity index (χ4n) is 1.21. The highest BCUT2D eigenvalue weighted by molar-refractivity contribution is 5.68. The molecule has 2 aromatic rings. The van der Waals surface area contributed by atoms with E-state index in [9.17, 15) is 14.7 Å². The van der Waals surface area contributed by atoms with Crippen molar-refractivity contribution in [3.05, 3.63) is 26.9 Å². The van der Waals surface area contributed by atoms with Gasteiger partial charge in [0.25, 0.3) is 0 Å². The molecular formula is C7H8N4O3. The van der Waals surface area contributed by atoms with Crippen LogP contribution in [0.1, 0.15) is 13.2 Å². The smallest absolute Gasteiger partial charge is 0.315 e. The van der Waals surface area contributed by atoms with Crippen molar-refractivity contribution in [2.45, 2.75) is 13.2 Å². The van der Waals surface area contributed by atoms with Gasteiger partial charge in [0.1, 0.15) is 11.7 Å². The second-order valence-corrected chi connectivity index (χ2v) is 2.89. The van der Waals surface area contributed by atoms with E-state index in [-0.39, 0.29) is 0 Å². The lowest BCUT2D eigenvalue weighted by Gasteiger charge is -2.04. The molecule has 0 aliphatic rings. The summed E-state index contributed by atoms with van der Waals surface area (Å²) in [7, 11) is 0. The van der Waals surface area contributed by atoms with Gasteiger partial charge in [0.05, 0.1) is 6.20 Å². The summed E-state index contributed by atoms with van der Waals surface area (Å²) in [4.78, 5) is 26.6. The van der Waals surface area contributed by atoms with Crippen LogP contribution < -0.4 is 11.1 Å². The minimum atomic E-state index is -0.867. The maximum atomic E-state index is 11.0. The van der Waals surface area contributed by atoms with Crippen molar-refractivity contribution >= 4 is 11.2 Å². The summed E-state index contributed by atoms with van der Waals surface area (Å²) in [6.45, 7) is 1.50. The number of fused-ring (bicyclic) bond motifs is 1. The Balaban J connectivity index is 2.87. The van der Waals surface area contributed by atoms with Crippen LogP contribution in [0.15, 0.2) is 15.8 Å². The third kappa shape index (κ3) is 1.14. The van der Waals surface area contributed by atoms with E-state index in [1.807, 2.05) is 0 Å². The lowest BCUT2D eigenvalue weighted by molar-refractivity contribution is 0.115. The van der Waals surface area contributed by atoms with Crippen molar-refractivity contribution in [1.29, 1.82) is 0 Å². The van der Waals surface area contributed by atoms with E-state index in [1.54, 1.807) is 0 Å². The summed E-state index contributed by atoms with van der Waals surface area (Å²) in [5, 5.41) is 13.1. The topological polar surface area (TPSA) is 104 Å². The van der Waals surface area contributed by atoms with Gasteiger partial charge in [-0.1, -0.05) is 0 Å². The highest BCUT2D eigenvalue weighted by Gasteiger charge is 2.08. The monoisotopic (exact) mass is 196 g/mol. The predicted molar refractivity (Wildman–Crippen MR) is 47.9 cm³/mol. The molecule has 0 spiro atoms. The second kappa shape index (κ2) is 2.81. The summed E-state index contributed by atoms with van der Waals surface area (Å²) in [6, 6.07) is 0. The Hall–Kier alpha value is -1.89. The molecule has 2 aromatic heterocycles. The van der Waals surface area contributed by atoms with Crippen molar-refractivity contribution in [2.24, 2.45) is 0 Å². The van der Waals surface area contributed by atoms with E-state index in [1.165, 1.54) is 17.8 Å². The van der Waals surface area contributed by atoms with Gasteiger partial charge in [-0.25, -0.2) is 4.68 Å². The molecule has 0 bridgehead atoms. The summed E-state index contributed by atoms with van der Waals surface area (Å²) in [5.74, 6) is 0. The molecule has 0 amide bonds. The van der Waals surface area contributed by atoms with Gasteiger partial charge in [0.15, 0.2) is 5.65 Å². The van der Waals surface area contributed by atoms with Crippen LogP contribution in [0.4, 0.5) is 0 Å². The molecule has 0 aliphatic heterocycles. The molecule has 7 nitrogen and oxygen atoms in total. The molecule has 0 radical (unpaired) electrons. The van der Waals surface area contributed by atoms with Crippen LogP contribution in [0, 0.1) is 0 Å². The molecule has 7 heteroatoms. The van der Waals surface area contributed by atoms with Crippen LogP contribution in [0.3, 0.4) is 0 Å². The number of aliphatic hydroxyl groups excluding tert-OH is 1. The Morgan fingerprint density at radius 3 is 2.71 bits per heavy atom. The van der Waals surface area contributed by atoms with E-state index in [0.29, 0.717) is 11.2 Å². The molecule has 0 fully saturated rings. The van der Waals surface area contributed by atoms with Gasteiger partial charge in [-0.3, -0.25) is 9.59 Å². The normalized spacial score (nSPS) is 13.3. The molecule has 1 unspecified atom stereocenters. The van der Waals surface area contributed by atoms with Gasteiger partial charge in [0, 0.05) is 0 Å². The van der Waals surface area contributed by atoms with Crippen LogP contribution >= 0.6 is 0 Å². The number of aromatic amines is 2. The maximum Gasteiger partial charge on any atom is 0.315 e. The van der Waals surface area contributed by atoms with Crippen LogP contribution in [-0.2, 0) is 0 Å². The highest BCUT2D eigenvalue weighted by atomic mass is 16.3. The molecule has 2 heterocycles. The van der Waals surface area contributed by atoms with Gasteiger partial charge >= 0.3 is 11.1 Å². The molecule has 2 rings (SSSR count). The fourth-order valence-corrected chi connectivity index (χ4v) is 1.21.